The molecule has 5 atom stereocenters. The van der Waals surface area contributed by atoms with Crippen molar-refractivity contribution in [3.05, 3.63) is 82.2 Å². The summed E-state index contributed by atoms with van der Waals surface area (Å²) in [5.74, 6) is -1.43. The Balaban J connectivity index is 1.59. The van der Waals surface area contributed by atoms with Gasteiger partial charge in [-0.15, -0.1) is 0 Å². The molecule has 0 unspecified atom stereocenters. The van der Waals surface area contributed by atoms with Gasteiger partial charge in [0.1, 0.15) is 18.8 Å². The highest BCUT2D eigenvalue weighted by atomic mass is 32.2. The second-order valence-corrected chi connectivity index (χ2v) is 8.47. The molecule has 0 aromatic heterocycles. The molecule has 2 aromatic carbocycles. The molecule has 1 N–H and O–H groups in total. The van der Waals surface area contributed by atoms with Gasteiger partial charge in [0.25, 0.3) is 0 Å². The number of rotatable bonds is 6. The van der Waals surface area contributed by atoms with E-state index in [0.717, 1.165) is 0 Å². The van der Waals surface area contributed by atoms with Gasteiger partial charge in [-0.1, -0.05) is 41.5 Å². The Hall–Kier alpha value is -3.48. The molecule has 13 heteroatoms. The van der Waals surface area contributed by atoms with Crippen molar-refractivity contribution in [3.63, 3.8) is 0 Å². The Bertz CT molecular complexity index is 1170. The molecule has 33 heavy (non-hydrogen) atoms. The van der Waals surface area contributed by atoms with Gasteiger partial charge in [0.05, 0.1) is 17.2 Å². The first-order valence-corrected chi connectivity index (χ1v) is 11.2. The highest BCUT2D eigenvalue weighted by molar-refractivity contribution is 7.84. The van der Waals surface area contributed by atoms with Gasteiger partial charge in [-0.3, -0.25) is 0 Å². The molecule has 2 aliphatic heterocycles. The van der Waals surface area contributed by atoms with E-state index < -0.39 is 59.4 Å². The van der Waals surface area contributed by atoms with Crippen molar-refractivity contribution in [1.82, 2.24) is 4.72 Å². The number of hydrogen-bond donors (Lipinski definition) is 1. The summed E-state index contributed by atoms with van der Waals surface area (Å²) in [5.41, 5.74) is 9.41. The van der Waals surface area contributed by atoms with Crippen LogP contribution in [0.3, 0.4) is 0 Å². The molecule has 2 fully saturated rings. The van der Waals surface area contributed by atoms with Gasteiger partial charge in [0.2, 0.25) is 0 Å². The van der Waals surface area contributed by atoms with E-state index in [1.54, 1.807) is 48.5 Å². The molecule has 0 saturated carbocycles. The van der Waals surface area contributed by atoms with Crippen LogP contribution in [0.15, 0.2) is 65.8 Å². The molecule has 0 spiro atoms. The number of carbonyl (C=O) groups excluding carboxylic acids is 2. The van der Waals surface area contributed by atoms with Gasteiger partial charge in [0, 0.05) is 4.91 Å². The summed E-state index contributed by atoms with van der Waals surface area (Å²) in [6.07, 6.45) is -5.19. The van der Waals surface area contributed by atoms with Crippen LogP contribution in [-0.4, -0.2) is 57.5 Å². The molecular formula is C20H18N4O8S. The summed E-state index contributed by atoms with van der Waals surface area (Å²) in [6.45, 7) is -0.447. The van der Waals surface area contributed by atoms with Crippen LogP contribution in [-0.2, 0) is 28.7 Å². The number of ether oxygens (including phenoxy) is 3. The van der Waals surface area contributed by atoms with Crippen molar-refractivity contribution in [2.45, 2.75) is 30.6 Å². The fourth-order valence-electron chi connectivity index (χ4n) is 3.51. The second-order valence-electron chi connectivity index (χ2n) is 7.13. The van der Waals surface area contributed by atoms with Gasteiger partial charge >= 0.3 is 22.2 Å². The van der Waals surface area contributed by atoms with Crippen LogP contribution in [0, 0.1) is 0 Å². The molecule has 172 valence electrons. The summed E-state index contributed by atoms with van der Waals surface area (Å²) in [7, 11) is -4.30. The van der Waals surface area contributed by atoms with Crippen molar-refractivity contribution in [2.75, 3.05) is 6.61 Å². The minimum absolute atomic E-state index is 0.220. The van der Waals surface area contributed by atoms with Crippen LogP contribution in [0.2, 0.25) is 0 Å². The highest BCUT2D eigenvalue weighted by Gasteiger charge is 2.55. The zero-order valence-electron chi connectivity index (χ0n) is 16.9. The van der Waals surface area contributed by atoms with Crippen LogP contribution in [0.1, 0.15) is 20.7 Å². The molecule has 0 aliphatic carbocycles. The molecule has 0 amide bonds. The number of carbonyl (C=O) groups is 2. The van der Waals surface area contributed by atoms with Crippen LogP contribution in [0.25, 0.3) is 10.4 Å². The topological polar surface area (TPSA) is 166 Å². The lowest BCUT2D eigenvalue weighted by atomic mass is 9.96. The van der Waals surface area contributed by atoms with Crippen molar-refractivity contribution < 1.29 is 36.4 Å². The Morgan fingerprint density at radius 1 is 1.03 bits per heavy atom. The van der Waals surface area contributed by atoms with E-state index in [4.69, 9.17) is 23.9 Å². The van der Waals surface area contributed by atoms with Gasteiger partial charge < -0.3 is 14.2 Å². The maximum Gasteiger partial charge on any atom is 0.338 e. The molecule has 12 nitrogen and oxygen atoms in total. The molecule has 2 bridgehead atoms. The van der Waals surface area contributed by atoms with E-state index in [0.29, 0.717) is 0 Å². The van der Waals surface area contributed by atoms with Crippen molar-refractivity contribution in [3.8, 4) is 0 Å². The quantitative estimate of drug-likeness (QED) is 0.286. The number of nitrogens with zero attached hydrogens (tertiary/aromatic N) is 3. The lowest BCUT2D eigenvalue weighted by Gasteiger charge is -2.46. The first kappa shape index (κ1) is 22.7. The van der Waals surface area contributed by atoms with E-state index in [2.05, 4.69) is 14.7 Å². The van der Waals surface area contributed by atoms with Gasteiger partial charge in [0.15, 0.2) is 12.3 Å². The van der Waals surface area contributed by atoms with Gasteiger partial charge in [-0.25, -0.2) is 13.8 Å². The maximum atomic E-state index is 12.6. The summed E-state index contributed by atoms with van der Waals surface area (Å²) < 4.78 is 48.2. The van der Waals surface area contributed by atoms with Crippen molar-refractivity contribution >= 4 is 22.2 Å². The predicted octanol–water partition coefficient (Wildman–Crippen LogP) is 1.71. The number of hydrogen-bond acceptors (Lipinski definition) is 9. The molecule has 2 aliphatic rings. The molecule has 2 aromatic rings. The number of azide groups is 1. The number of benzene rings is 2. The van der Waals surface area contributed by atoms with Gasteiger partial charge in [-0.2, -0.15) is 13.1 Å². The first-order chi connectivity index (χ1) is 15.9. The molecular weight excluding hydrogens is 456 g/mol. The van der Waals surface area contributed by atoms with Gasteiger partial charge in [-0.05, 0) is 29.8 Å². The minimum atomic E-state index is -4.30. The summed E-state index contributed by atoms with van der Waals surface area (Å²) in [6, 6.07) is 14.9. The predicted molar refractivity (Wildman–Crippen MR) is 111 cm³/mol. The summed E-state index contributed by atoms with van der Waals surface area (Å²) in [4.78, 5) is 27.6. The van der Waals surface area contributed by atoms with E-state index in [-0.39, 0.29) is 11.1 Å². The fraction of sp³-hybridized carbons (Fsp3) is 0.300. The van der Waals surface area contributed by atoms with Crippen molar-refractivity contribution in [2.24, 2.45) is 5.11 Å². The Kier molecular flexibility index (Phi) is 6.58. The average Bonchev–Trinajstić information content (AvgIpc) is 2.81. The Labute approximate surface area is 188 Å². The SMILES string of the molecule is [N-]=[N+]=N[C@@H]1O[C@H](COC(=O)c2ccccc2)[C@H]2OS(=O)(=O)N[C@@H]1[C@H]2OC(=O)c1ccccc1. The lowest BCUT2D eigenvalue weighted by molar-refractivity contribution is -0.191. The normalized spacial score (nSPS) is 27.6. The minimum Gasteiger partial charge on any atom is -0.459 e. The lowest BCUT2D eigenvalue weighted by Crippen LogP contribution is -2.70. The Morgan fingerprint density at radius 3 is 2.24 bits per heavy atom. The largest absolute Gasteiger partial charge is 0.459 e. The zero-order valence-corrected chi connectivity index (χ0v) is 17.7. The molecule has 2 saturated heterocycles. The van der Waals surface area contributed by atoms with Crippen LogP contribution >= 0.6 is 0 Å². The van der Waals surface area contributed by atoms with E-state index >= 15 is 0 Å². The van der Waals surface area contributed by atoms with Crippen LogP contribution in [0.5, 0.6) is 0 Å². The average molecular weight is 474 g/mol. The molecule has 4 rings (SSSR count). The number of nitrogens with one attached hydrogen (secondary N) is 1. The van der Waals surface area contributed by atoms with E-state index in [1.165, 1.54) is 12.1 Å². The third-order valence-electron chi connectivity index (χ3n) is 4.99. The first-order valence-electron chi connectivity index (χ1n) is 9.76. The highest BCUT2D eigenvalue weighted by Crippen LogP contribution is 2.32. The third-order valence-corrected chi connectivity index (χ3v) is 6.03. The molecule has 0 radical (unpaired) electrons. The van der Waals surface area contributed by atoms with E-state index in [1.807, 2.05) is 0 Å². The Morgan fingerprint density at radius 2 is 1.64 bits per heavy atom. The van der Waals surface area contributed by atoms with Crippen LogP contribution in [0.4, 0.5) is 0 Å². The standard InChI is InChI=1S/C20H18N4O8S/c21-24-22-18-15-17(31-20(26)13-9-5-2-6-10-13)16(32-33(27,28)23-15)14(30-18)11-29-19(25)12-7-3-1-4-8-12/h1-10,14-18,23H,11H2/t14-,15-,16-,17-,18-/m1/s1. The monoisotopic (exact) mass is 474 g/mol. The van der Waals surface area contributed by atoms with Crippen LogP contribution < -0.4 is 4.72 Å². The van der Waals surface area contributed by atoms with Crippen molar-refractivity contribution in [1.29, 1.82) is 0 Å². The molecule has 2 heterocycles. The maximum absolute atomic E-state index is 12.6. The second kappa shape index (κ2) is 9.57. The zero-order chi connectivity index (χ0) is 23.4. The number of fused-ring (bicyclic) bond motifs is 2. The summed E-state index contributed by atoms with van der Waals surface area (Å²) in [5, 5.41) is 3.48. The fourth-order valence-corrected chi connectivity index (χ4v) is 4.67. The third kappa shape index (κ3) is 5.13. The van der Waals surface area contributed by atoms with E-state index in [9.17, 15) is 18.0 Å². The summed E-state index contributed by atoms with van der Waals surface area (Å²) >= 11 is 0. The smallest absolute Gasteiger partial charge is 0.338 e. The number of esters is 2.